The predicted molar refractivity (Wildman–Crippen MR) is 90.6 cm³/mol. The second kappa shape index (κ2) is 7.00. The van der Waals surface area contributed by atoms with Crippen LogP contribution in [0.15, 0.2) is 47.4 Å². The van der Waals surface area contributed by atoms with Gasteiger partial charge in [0.15, 0.2) is 0 Å². The number of benzene rings is 2. The van der Waals surface area contributed by atoms with Crippen molar-refractivity contribution in [3.63, 3.8) is 0 Å². The van der Waals surface area contributed by atoms with Gasteiger partial charge in [0.2, 0.25) is 10.0 Å². The molecule has 0 aliphatic carbocycles. The van der Waals surface area contributed by atoms with Crippen LogP contribution in [0.2, 0.25) is 5.02 Å². The topological polar surface area (TPSA) is 118 Å². The Morgan fingerprint density at radius 3 is 2.12 bits per heavy atom. The minimum Gasteiger partial charge on any atom is -0.355 e. The molecule has 0 aliphatic heterocycles. The summed E-state index contributed by atoms with van der Waals surface area (Å²) in [5.41, 5.74) is 0.970. The number of anilines is 1. The fourth-order valence-corrected chi connectivity index (χ4v) is 2.99. The molecule has 0 saturated heterocycles. The van der Waals surface area contributed by atoms with E-state index in [4.69, 9.17) is 16.7 Å². The van der Waals surface area contributed by atoms with Crippen molar-refractivity contribution in [3.05, 3.63) is 58.6 Å². The molecule has 2 amide bonds. The van der Waals surface area contributed by atoms with Gasteiger partial charge in [-0.3, -0.25) is 9.59 Å². The summed E-state index contributed by atoms with van der Waals surface area (Å²) < 4.78 is 22.9. The Kier molecular flexibility index (Phi) is 5.23. The van der Waals surface area contributed by atoms with Gasteiger partial charge in [-0.05, 0) is 42.5 Å². The molecule has 0 heterocycles. The largest absolute Gasteiger partial charge is 0.355 e. The first kappa shape index (κ1) is 17.9. The Hall–Kier alpha value is -2.42. The number of nitrogens with one attached hydrogen (secondary N) is 2. The van der Waals surface area contributed by atoms with Crippen molar-refractivity contribution < 1.29 is 18.0 Å². The maximum absolute atomic E-state index is 12.2. The van der Waals surface area contributed by atoms with Gasteiger partial charge in [0.1, 0.15) is 4.90 Å². The number of amides is 2. The Balaban J connectivity index is 2.23. The molecule has 0 radical (unpaired) electrons. The number of halogens is 1. The fourth-order valence-electron chi connectivity index (χ4n) is 1.92. The molecule has 0 saturated carbocycles. The van der Waals surface area contributed by atoms with Crippen LogP contribution in [0.3, 0.4) is 0 Å². The standard InChI is InChI=1S/C15H14ClN3O4S/c1-18-14(20)9-2-5-11(6-3-9)19-15(21)10-4-7-12(16)13(8-10)24(17,22)23/h2-8H,1H3,(H,18,20)(H,19,21)(H2,17,22,23). The number of rotatable bonds is 4. The summed E-state index contributed by atoms with van der Waals surface area (Å²) >= 11 is 5.78. The van der Waals surface area contributed by atoms with Gasteiger partial charge in [-0.1, -0.05) is 11.6 Å². The third kappa shape index (κ3) is 4.10. The second-order valence-corrected chi connectivity index (χ2v) is 6.74. The predicted octanol–water partition coefficient (Wildman–Crippen LogP) is 1.60. The van der Waals surface area contributed by atoms with E-state index in [1.165, 1.54) is 19.2 Å². The lowest BCUT2D eigenvalue weighted by atomic mass is 10.1. The van der Waals surface area contributed by atoms with Crippen molar-refractivity contribution in [3.8, 4) is 0 Å². The van der Waals surface area contributed by atoms with Gasteiger partial charge in [-0.25, -0.2) is 13.6 Å². The van der Waals surface area contributed by atoms with Crippen molar-refractivity contribution in [2.75, 3.05) is 12.4 Å². The zero-order chi connectivity index (χ0) is 17.9. The zero-order valence-corrected chi connectivity index (χ0v) is 14.1. The Morgan fingerprint density at radius 2 is 1.58 bits per heavy atom. The average Bonchev–Trinajstić information content (AvgIpc) is 2.54. The van der Waals surface area contributed by atoms with Crippen molar-refractivity contribution >= 4 is 39.1 Å². The van der Waals surface area contributed by atoms with E-state index in [2.05, 4.69) is 10.6 Å². The summed E-state index contributed by atoms with van der Waals surface area (Å²) in [6.45, 7) is 0. The number of sulfonamides is 1. The van der Waals surface area contributed by atoms with Gasteiger partial charge in [-0.2, -0.15) is 0 Å². The van der Waals surface area contributed by atoms with Crippen molar-refractivity contribution in [1.82, 2.24) is 5.32 Å². The maximum atomic E-state index is 12.2. The lowest BCUT2D eigenvalue weighted by Crippen LogP contribution is -2.18. The molecule has 7 nitrogen and oxygen atoms in total. The van der Waals surface area contributed by atoms with Crippen LogP contribution < -0.4 is 15.8 Å². The molecule has 126 valence electrons. The van der Waals surface area contributed by atoms with Crippen LogP contribution in [0.1, 0.15) is 20.7 Å². The van der Waals surface area contributed by atoms with Crippen molar-refractivity contribution in [2.45, 2.75) is 4.90 Å². The number of primary sulfonamides is 1. The normalized spacial score (nSPS) is 11.0. The van der Waals surface area contributed by atoms with Gasteiger partial charge >= 0.3 is 0 Å². The highest BCUT2D eigenvalue weighted by atomic mass is 35.5. The molecule has 2 aromatic rings. The Morgan fingerprint density at radius 1 is 1.00 bits per heavy atom. The van der Waals surface area contributed by atoms with Crippen LogP contribution in [-0.4, -0.2) is 27.3 Å². The average molecular weight is 368 g/mol. The Labute approximate surface area is 143 Å². The highest BCUT2D eigenvalue weighted by Gasteiger charge is 2.16. The Bertz CT molecular complexity index is 895. The SMILES string of the molecule is CNC(=O)c1ccc(NC(=O)c2ccc(Cl)c(S(N)(=O)=O)c2)cc1. The van der Waals surface area contributed by atoms with E-state index in [1.807, 2.05) is 0 Å². The van der Waals surface area contributed by atoms with Crippen LogP contribution in [0.5, 0.6) is 0 Å². The zero-order valence-electron chi connectivity index (χ0n) is 12.5. The maximum Gasteiger partial charge on any atom is 0.255 e. The molecule has 0 fully saturated rings. The first-order valence-corrected chi connectivity index (χ1v) is 8.60. The van der Waals surface area contributed by atoms with Crippen LogP contribution in [0.4, 0.5) is 5.69 Å². The van der Waals surface area contributed by atoms with E-state index in [1.54, 1.807) is 24.3 Å². The first-order chi connectivity index (χ1) is 11.2. The molecule has 9 heteroatoms. The van der Waals surface area contributed by atoms with Gasteiger partial charge < -0.3 is 10.6 Å². The van der Waals surface area contributed by atoms with E-state index in [-0.39, 0.29) is 21.4 Å². The third-order valence-corrected chi connectivity index (χ3v) is 4.52. The molecule has 2 aromatic carbocycles. The number of carbonyl (C=O) groups excluding carboxylic acids is 2. The highest BCUT2D eigenvalue weighted by Crippen LogP contribution is 2.22. The minimum atomic E-state index is -4.04. The lowest BCUT2D eigenvalue weighted by Gasteiger charge is -2.08. The second-order valence-electron chi connectivity index (χ2n) is 4.80. The van der Waals surface area contributed by atoms with E-state index >= 15 is 0 Å². The van der Waals surface area contributed by atoms with Crippen LogP contribution >= 0.6 is 11.6 Å². The molecular formula is C15H14ClN3O4S. The van der Waals surface area contributed by atoms with E-state index in [9.17, 15) is 18.0 Å². The number of nitrogens with two attached hydrogens (primary N) is 1. The summed E-state index contributed by atoms with van der Waals surface area (Å²) in [7, 11) is -2.52. The fraction of sp³-hybridized carbons (Fsp3) is 0.0667. The third-order valence-electron chi connectivity index (χ3n) is 3.13. The van der Waals surface area contributed by atoms with Crippen molar-refractivity contribution in [2.24, 2.45) is 5.14 Å². The molecule has 4 N–H and O–H groups in total. The quantitative estimate of drug-likeness (QED) is 0.760. The summed E-state index contributed by atoms with van der Waals surface area (Å²) in [5, 5.41) is 10.1. The molecule has 2 rings (SSSR count). The molecule has 0 atom stereocenters. The number of hydrogen-bond donors (Lipinski definition) is 3. The molecule has 0 unspecified atom stereocenters. The lowest BCUT2D eigenvalue weighted by molar-refractivity contribution is 0.0962. The number of carbonyl (C=O) groups is 2. The molecule has 0 aromatic heterocycles. The number of hydrogen-bond acceptors (Lipinski definition) is 4. The summed E-state index contributed by atoms with van der Waals surface area (Å²) in [6.07, 6.45) is 0. The first-order valence-electron chi connectivity index (χ1n) is 6.68. The minimum absolute atomic E-state index is 0.0658. The summed E-state index contributed by atoms with van der Waals surface area (Å²) in [5.74, 6) is -0.785. The molecular weight excluding hydrogens is 354 g/mol. The van der Waals surface area contributed by atoms with E-state index in [0.29, 0.717) is 11.3 Å². The summed E-state index contributed by atoms with van der Waals surface area (Å²) in [6, 6.07) is 9.97. The van der Waals surface area contributed by atoms with E-state index < -0.39 is 15.9 Å². The molecule has 0 bridgehead atoms. The molecule has 0 spiro atoms. The van der Waals surface area contributed by atoms with Crippen molar-refractivity contribution in [1.29, 1.82) is 0 Å². The highest BCUT2D eigenvalue weighted by molar-refractivity contribution is 7.89. The van der Waals surface area contributed by atoms with Crippen LogP contribution in [0.25, 0.3) is 0 Å². The van der Waals surface area contributed by atoms with Crippen LogP contribution in [0, 0.1) is 0 Å². The van der Waals surface area contributed by atoms with Gasteiger partial charge in [-0.15, -0.1) is 0 Å². The van der Waals surface area contributed by atoms with E-state index in [0.717, 1.165) is 6.07 Å². The monoisotopic (exact) mass is 367 g/mol. The summed E-state index contributed by atoms with van der Waals surface area (Å²) in [4.78, 5) is 23.3. The molecule has 24 heavy (non-hydrogen) atoms. The van der Waals surface area contributed by atoms with Gasteiger partial charge in [0.05, 0.1) is 5.02 Å². The smallest absolute Gasteiger partial charge is 0.255 e. The molecule has 0 aliphatic rings. The van der Waals surface area contributed by atoms with Gasteiger partial charge in [0, 0.05) is 23.9 Å². The van der Waals surface area contributed by atoms with Crippen LogP contribution in [-0.2, 0) is 10.0 Å². The van der Waals surface area contributed by atoms with Gasteiger partial charge in [0.25, 0.3) is 11.8 Å².